The highest BCUT2D eigenvalue weighted by Gasteiger charge is 2.09. The van der Waals surface area contributed by atoms with Crippen LogP contribution < -0.4 is 5.19 Å². The summed E-state index contributed by atoms with van der Waals surface area (Å²) in [4.78, 5) is 0. The van der Waals surface area contributed by atoms with E-state index >= 15 is 0 Å². The predicted octanol–water partition coefficient (Wildman–Crippen LogP) is 5.14. The third kappa shape index (κ3) is 1.92. The fourth-order valence-corrected chi connectivity index (χ4v) is 5.43. The zero-order chi connectivity index (χ0) is 16.1. The van der Waals surface area contributed by atoms with E-state index in [-0.39, 0.29) is 9.52 Å². The van der Waals surface area contributed by atoms with Crippen LogP contribution in [0.25, 0.3) is 43.1 Å². The van der Waals surface area contributed by atoms with Crippen molar-refractivity contribution in [1.29, 1.82) is 0 Å². The van der Waals surface area contributed by atoms with Crippen molar-refractivity contribution in [2.75, 3.05) is 0 Å². The lowest BCUT2D eigenvalue weighted by Gasteiger charge is -2.13. The average molecular weight is 322 g/mol. The molecule has 0 fully saturated rings. The molecule has 0 amide bonds. The zero-order valence-electron chi connectivity index (χ0n) is 13.7. The summed E-state index contributed by atoms with van der Waals surface area (Å²) in [6, 6.07) is 29.2. The summed E-state index contributed by atoms with van der Waals surface area (Å²) in [5.41, 5.74) is 0. The summed E-state index contributed by atoms with van der Waals surface area (Å²) in [5.74, 6) is 0. The van der Waals surface area contributed by atoms with Crippen molar-refractivity contribution in [3.8, 4) is 0 Å². The molecule has 0 aromatic heterocycles. The molecule has 0 saturated heterocycles. The molecule has 0 unspecified atom stereocenters. The Morgan fingerprint density at radius 1 is 0.500 bits per heavy atom. The van der Waals surface area contributed by atoms with Crippen molar-refractivity contribution in [2.24, 2.45) is 0 Å². The molecule has 114 valence electrons. The normalized spacial score (nSPS) is 12.2. The largest absolute Gasteiger partial charge is 0.0708 e. The lowest BCUT2D eigenvalue weighted by Crippen LogP contribution is -2.13. The van der Waals surface area contributed by atoms with E-state index in [9.17, 15) is 0 Å². The molecule has 24 heavy (non-hydrogen) atoms. The van der Waals surface area contributed by atoms with Gasteiger partial charge in [0.2, 0.25) is 0 Å². The van der Waals surface area contributed by atoms with Gasteiger partial charge in [0.15, 0.2) is 0 Å². The number of fused-ring (bicyclic) bond motifs is 5. The maximum absolute atomic E-state index is 2.39. The Bertz CT molecular complexity index is 1230. The Hall–Kier alpha value is -2.64. The second kappa shape index (κ2) is 5.18. The van der Waals surface area contributed by atoms with Gasteiger partial charge in [0.25, 0.3) is 0 Å². The summed E-state index contributed by atoms with van der Waals surface area (Å²) >= 11 is 0. The van der Waals surface area contributed by atoms with Gasteiger partial charge in [0, 0.05) is 0 Å². The highest BCUT2D eigenvalue weighted by molar-refractivity contribution is 6.60. The average Bonchev–Trinajstić information content (AvgIpc) is 2.64. The Labute approximate surface area is 143 Å². The van der Waals surface area contributed by atoms with Gasteiger partial charge in [0.1, 0.15) is 0 Å². The van der Waals surface area contributed by atoms with Gasteiger partial charge in [-0.1, -0.05) is 72.4 Å². The van der Waals surface area contributed by atoms with E-state index in [1.54, 1.807) is 5.19 Å². The van der Waals surface area contributed by atoms with Crippen LogP contribution >= 0.6 is 0 Å². The Kier molecular flexibility index (Phi) is 2.97. The highest BCUT2D eigenvalue weighted by Crippen LogP contribution is 2.31. The minimum Gasteiger partial charge on any atom is -0.0708 e. The predicted molar refractivity (Wildman–Crippen MR) is 111 cm³/mol. The smallest absolute Gasteiger partial charge is 0.0533 e. The van der Waals surface area contributed by atoms with Gasteiger partial charge < -0.3 is 0 Å². The number of hydrogen-bond donors (Lipinski definition) is 0. The van der Waals surface area contributed by atoms with Gasteiger partial charge in [-0.15, -0.1) is 0 Å². The van der Waals surface area contributed by atoms with Gasteiger partial charge in [-0.05, 0) is 61.3 Å². The first-order valence-corrected chi connectivity index (χ1v) is 10.7. The Balaban J connectivity index is 2.03. The van der Waals surface area contributed by atoms with Crippen molar-refractivity contribution >= 4 is 57.8 Å². The van der Waals surface area contributed by atoms with Crippen LogP contribution in [0.15, 0.2) is 78.9 Å². The monoisotopic (exact) mass is 322 g/mol. The van der Waals surface area contributed by atoms with Crippen LogP contribution in [0.2, 0.25) is 6.55 Å². The summed E-state index contributed by atoms with van der Waals surface area (Å²) in [6.45, 7) is 2.39. The van der Waals surface area contributed by atoms with Crippen molar-refractivity contribution in [3.05, 3.63) is 78.9 Å². The Morgan fingerprint density at radius 3 is 1.92 bits per heavy atom. The number of benzene rings is 5. The SMILES string of the molecule is C[SiH2]c1c2ccccc2cc2c1ccc1cc3ccccc3cc12. The van der Waals surface area contributed by atoms with Gasteiger partial charge in [-0.25, -0.2) is 0 Å². The maximum Gasteiger partial charge on any atom is 0.0533 e. The second-order valence-electron chi connectivity index (χ2n) is 6.51. The summed E-state index contributed by atoms with van der Waals surface area (Å²) in [6.07, 6.45) is 0. The topological polar surface area (TPSA) is 0 Å². The van der Waals surface area contributed by atoms with Gasteiger partial charge in [0.05, 0.1) is 9.52 Å². The standard InChI is InChI=1S/C23H18Si/c1-24-23-19-9-5-4-8-17(19)14-22-20(23)11-10-18-12-15-6-2-3-7-16(15)13-21(18)22/h2-14H,24H2,1H3. The van der Waals surface area contributed by atoms with E-state index in [1.165, 1.54) is 43.1 Å². The van der Waals surface area contributed by atoms with Crippen molar-refractivity contribution in [1.82, 2.24) is 0 Å². The second-order valence-corrected chi connectivity index (χ2v) is 7.93. The van der Waals surface area contributed by atoms with Gasteiger partial charge in [-0.2, -0.15) is 0 Å². The van der Waals surface area contributed by atoms with E-state index in [0.29, 0.717) is 0 Å². The third-order valence-electron chi connectivity index (χ3n) is 5.19. The van der Waals surface area contributed by atoms with Crippen LogP contribution in [-0.4, -0.2) is 9.52 Å². The summed E-state index contributed by atoms with van der Waals surface area (Å²) < 4.78 is 0. The minimum absolute atomic E-state index is 0.260. The summed E-state index contributed by atoms with van der Waals surface area (Å²) in [7, 11) is -0.260. The molecule has 0 atom stereocenters. The fraction of sp³-hybridized carbons (Fsp3) is 0.0435. The highest BCUT2D eigenvalue weighted by atomic mass is 28.2. The van der Waals surface area contributed by atoms with E-state index in [2.05, 4.69) is 85.4 Å². The molecule has 0 radical (unpaired) electrons. The Morgan fingerprint density at radius 2 is 1.12 bits per heavy atom. The molecular weight excluding hydrogens is 304 g/mol. The van der Waals surface area contributed by atoms with Crippen LogP contribution in [0.5, 0.6) is 0 Å². The first kappa shape index (κ1) is 13.8. The van der Waals surface area contributed by atoms with Gasteiger partial charge in [-0.3, -0.25) is 0 Å². The van der Waals surface area contributed by atoms with Crippen LogP contribution in [0.4, 0.5) is 0 Å². The van der Waals surface area contributed by atoms with Crippen LogP contribution in [0, 0.1) is 0 Å². The quantitative estimate of drug-likeness (QED) is 0.228. The fourth-order valence-electron chi connectivity index (χ4n) is 4.03. The minimum atomic E-state index is -0.260. The van der Waals surface area contributed by atoms with Crippen molar-refractivity contribution in [3.63, 3.8) is 0 Å². The molecule has 1 heteroatoms. The van der Waals surface area contributed by atoms with E-state index < -0.39 is 0 Å². The molecule has 0 heterocycles. The molecule has 5 aromatic rings. The summed E-state index contributed by atoms with van der Waals surface area (Å²) in [5, 5.41) is 12.6. The number of hydrogen-bond acceptors (Lipinski definition) is 0. The third-order valence-corrected chi connectivity index (χ3v) is 6.66. The van der Waals surface area contributed by atoms with Crippen LogP contribution in [0.3, 0.4) is 0 Å². The van der Waals surface area contributed by atoms with Gasteiger partial charge >= 0.3 is 0 Å². The maximum atomic E-state index is 2.39. The first-order chi connectivity index (χ1) is 11.8. The van der Waals surface area contributed by atoms with Crippen LogP contribution in [-0.2, 0) is 0 Å². The lowest BCUT2D eigenvalue weighted by molar-refractivity contribution is 1.79. The molecule has 0 spiro atoms. The first-order valence-electron chi connectivity index (χ1n) is 8.61. The van der Waals surface area contributed by atoms with E-state index in [0.717, 1.165) is 0 Å². The number of rotatable bonds is 1. The molecule has 0 N–H and O–H groups in total. The van der Waals surface area contributed by atoms with E-state index in [4.69, 9.17) is 0 Å². The molecule has 0 aliphatic rings. The lowest BCUT2D eigenvalue weighted by atomic mass is 9.96. The zero-order valence-corrected chi connectivity index (χ0v) is 15.1. The molecule has 0 aliphatic carbocycles. The molecular formula is C23H18Si. The van der Waals surface area contributed by atoms with E-state index in [1.807, 2.05) is 0 Å². The molecule has 5 rings (SSSR count). The van der Waals surface area contributed by atoms with Crippen LogP contribution in [0.1, 0.15) is 0 Å². The molecule has 0 saturated carbocycles. The molecule has 5 aromatic carbocycles. The molecule has 0 nitrogen and oxygen atoms in total. The molecule has 0 aliphatic heterocycles. The van der Waals surface area contributed by atoms with Crippen molar-refractivity contribution in [2.45, 2.75) is 6.55 Å². The van der Waals surface area contributed by atoms with Crippen molar-refractivity contribution < 1.29 is 0 Å². The molecule has 0 bridgehead atoms.